The standard InChI is InChI=1S/C11H21N5O2S/c1-4-15-7-11(14-8-15)19(17,18)16(9(2)3)6-5-10(12)13/h7-9H,4-6H2,1-3H3,(H3,12,13). The molecule has 0 fully saturated rings. The summed E-state index contributed by atoms with van der Waals surface area (Å²) < 4.78 is 27.9. The van der Waals surface area contributed by atoms with Crippen LogP contribution in [0.25, 0.3) is 0 Å². The van der Waals surface area contributed by atoms with E-state index in [0.29, 0.717) is 6.54 Å². The van der Waals surface area contributed by atoms with Gasteiger partial charge in [0.1, 0.15) is 0 Å². The Balaban J connectivity index is 3.02. The predicted octanol–water partition coefficient (Wildman–Crippen LogP) is 0.628. The molecule has 1 rings (SSSR count). The van der Waals surface area contributed by atoms with Gasteiger partial charge in [-0.3, -0.25) is 5.41 Å². The smallest absolute Gasteiger partial charge is 0.262 e. The van der Waals surface area contributed by atoms with Crippen molar-refractivity contribution in [2.75, 3.05) is 6.54 Å². The number of nitrogens with zero attached hydrogens (tertiary/aromatic N) is 3. The molecule has 0 aliphatic heterocycles. The summed E-state index contributed by atoms with van der Waals surface area (Å²) >= 11 is 0. The van der Waals surface area contributed by atoms with Gasteiger partial charge in [0.15, 0.2) is 5.03 Å². The van der Waals surface area contributed by atoms with Crippen molar-refractivity contribution < 1.29 is 8.42 Å². The fraction of sp³-hybridized carbons (Fsp3) is 0.636. The van der Waals surface area contributed by atoms with E-state index in [9.17, 15) is 8.42 Å². The zero-order chi connectivity index (χ0) is 14.6. The third-order valence-electron chi connectivity index (χ3n) is 2.73. The second-order valence-electron chi connectivity index (χ2n) is 4.53. The molecule has 0 aliphatic rings. The predicted molar refractivity (Wildman–Crippen MR) is 73.5 cm³/mol. The zero-order valence-electron chi connectivity index (χ0n) is 11.5. The van der Waals surface area contributed by atoms with Gasteiger partial charge in [-0.15, -0.1) is 0 Å². The molecule has 0 radical (unpaired) electrons. The van der Waals surface area contributed by atoms with Crippen molar-refractivity contribution in [1.29, 1.82) is 5.41 Å². The molecular weight excluding hydrogens is 266 g/mol. The first kappa shape index (κ1) is 15.6. The maximum absolute atomic E-state index is 12.5. The summed E-state index contributed by atoms with van der Waals surface area (Å²) in [6, 6.07) is -0.212. The molecule has 1 heterocycles. The Kier molecular flexibility index (Phi) is 5.07. The summed E-state index contributed by atoms with van der Waals surface area (Å²) in [5.74, 6) is -0.0278. The number of hydrogen-bond donors (Lipinski definition) is 2. The third-order valence-corrected chi connectivity index (χ3v) is 4.69. The van der Waals surface area contributed by atoms with Crippen LogP contribution >= 0.6 is 0 Å². The van der Waals surface area contributed by atoms with Crippen LogP contribution in [0.2, 0.25) is 0 Å². The number of rotatable bonds is 7. The lowest BCUT2D eigenvalue weighted by atomic mass is 10.3. The van der Waals surface area contributed by atoms with Crippen molar-refractivity contribution in [1.82, 2.24) is 13.9 Å². The molecule has 0 amide bonds. The van der Waals surface area contributed by atoms with E-state index in [1.165, 1.54) is 16.8 Å². The molecule has 0 aliphatic carbocycles. The number of nitrogens with one attached hydrogen (secondary N) is 1. The van der Waals surface area contributed by atoms with Gasteiger partial charge in [-0.05, 0) is 20.8 Å². The van der Waals surface area contributed by atoms with Gasteiger partial charge in [-0.2, -0.15) is 4.31 Å². The Morgan fingerprint density at radius 2 is 2.21 bits per heavy atom. The van der Waals surface area contributed by atoms with Gasteiger partial charge in [-0.25, -0.2) is 13.4 Å². The highest BCUT2D eigenvalue weighted by Crippen LogP contribution is 2.16. The summed E-state index contributed by atoms with van der Waals surface area (Å²) in [6.45, 7) is 6.34. The Bertz CT molecular complexity index is 535. The van der Waals surface area contributed by atoms with E-state index in [4.69, 9.17) is 11.1 Å². The van der Waals surface area contributed by atoms with Crippen molar-refractivity contribution in [3.05, 3.63) is 12.5 Å². The van der Waals surface area contributed by atoms with Gasteiger partial charge in [0.05, 0.1) is 12.2 Å². The minimum absolute atomic E-state index is 0.0278. The molecule has 1 aromatic rings. The Labute approximate surface area is 114 Å². The van der Waals surface area contributed by atoms with Crippen molar-refractivity contribution in [3.8, 4) is 0 Å². The summed E-state index contributed by atoms with van der Waals surface area (Å²) in [4.78, 5) is 3.94. The van der Waals surface area contributed by atoms with Crippen molar-refractivity contribution in [2.24, 2.45) is 5.73 Å². The van der Waals surface area contributed by atoms with Crippen LogP contribution in [-0.2, 0) is 16.6 Å². The maximum atomic E-state index is 12.5. The highest BCUT2D eigenvalue weighted by Gasteiger charge is 2.28. The van der Waals surface area contributed by atoms with E-state index >= 15 is 0 Å². The van der Waals surface area contributed by atoms with E-state index in [1.807, 2.05) is 6.92 Å². The van der Waals surface area contributed by atoms with Gasteiger partial charge in [0.25, 0.3) is 10.0 Å². The van der Waals surface area contributed by atoms with Crippen molar-refractivity contribution in [2.45, 2.75) is 44.8 Å². The highest BCUT2D eigenvalue weighted by atomic mass is 32.2. The van der Waals surface area contributed by atoms with E-state index < -0.39 is 10.0 Å². The third kappa shape index (κ3) is 3.77. The van der Waals surface area contributed by atoms with Crippen LogP contribution in [0.4, 0.5) is 0 Å². The minimum atomic E-state index is -3.64. The number of nitrogens with two attached hydrogens (primary N) is 1. The van der Waals surface area contributed by atoms with Crippen molar-refractivity contribution in [3.63, 3.8) is 0 Å². The molecule has 0 aromatic carbocycles. The Morgan fingerprint density at radius 1 is 1.58 bits per heavy atom. The fourth-order valence-electron chi connectivity index (χ4n) is 1.65. The van der Waals surface area contributed by atoms with Crippen LogP contribution < -0.4 is 5.73 Å². The molecule has 7 nitrogen and oxygen atoms in total. The summed E-state index contributed by atoms with van der Waals surface area (Å²) in [6.07, 6.45) is 3.22. The first-order chi connectivity index (χ1) is 8.78. The monoisotopic (exact) mass is 287 g/mol. The van der Waals surface area contributed by atoms with Crippen LogP contribution in [0.15, 0.2) is 17.6 Å². The topological polar surface area (TPSA) is 105 Å². The largest absolute Gasteiger partial charge is 0.388 e. The van der Waals surface area contributed by atoms with E-state index in [-0.39, 0.29) is 29.9 Å². The number of aryl methyl sites for hydroxylation is 1. The molecule has 0 saturated heterocycles. The summed E-state index contributed by atoms with van der Waals surface area (Å²) in [7, 11) is -3.64. The van der Waals surface area contributed by atoms with Crippen LogP contribution in [-0.4, -0.2) is 40.7 Å². The molecule has 0 saturated carbocycles. The SMILES string of the molecule is CCn1cnc(S(=O)(=O)N(CCC(=N)N)C(C)C)c1. The molecule has 0 spiro atoms. The number of aromatic nitrogens is 2. The van der Waals surface area contributed by atoms with Crippen LogP contribution in [0.3, 0.4) is 0 Å². The minimum Gasteiger partial charge on any atom is -0.388 e. The lowest BCUT2D eigenvalue weighted by Crippen LogP contribution is -2.39. The number of sulfonamides is 1. The normalized spacial score (nSPS) is 12.3. The van der Waals surface area contributed by atoms with Gasteiger partial charge < -0.3 is 10.3 Å². The molecular formula is C11H21N5O2S. The number of imidazole rings is 1. The molecule has 1 aromatic heterocycles. The first-order valence-corrected chi connectivity index (χ1v) is 7.59. The van der Waals surface area contributed by atoms with Crippen LogP contribution in [0, 0.1) is 5.41 Å². The molecule has 3 N–H and O–H groups in total. The molecule has 8 heteroatoms. The highest BCUT2D eigenvalue weighted by molar-refractivity contribution is 7.89. The van der Waals surface area contributed by atoms with Gasteiger partial charge in [-0.1, -0.05) is 0 Å². The Hall–Kier alpha value is -1.41. The van der Waals surface area contributed by atoms with Crippen LogP contribution in [0.5, 0.6) is 0 Å². The van der Waals surface area contributed by atoms with E-state index in [2.05, 4.69) is 4.98 Å². The molecule has 108 valence electrons. The average molecular weight is 287 g/mol. The van der Waals surface area contributed by atoms with Gasteiger partial charge in [0, 0.05) is 31.7 Å². The second-order valence-corrected chi connectivity index (χ2v) is 6.36. The van der Waals surface area contributed by atoms with E-state index in [0.717, 1.165) is 0 Å². The first-order valence-electron chi connectivity index (χ1n) is 6.15. The van der Waals surface area contributed by atoms with Gasteiger partial charge >= 0.3 is 0 Å². The quantitative estimate of drug-likeness (QED) is 0.566. The number of amidine groups is 1. The second kappa shape index (κ2) is 6.16. The number of hydrogen-bond acceptors (Lipinski definition) is 4. The maximum Gasteiger partial charge on any atom is 0.262 e. The lowest BCUT2D eigenvalue weighted by molar-refractivity contribution is 0.360. The fourth-order valence-corrected chi connectivity index (χ4v) is 3.23. The molecule has 0 bridgehead atoms. The lowest BCUT2D eigenvalue weighted by Gasteiger charge is -2.24. The van der Waals surface area contributed by atoms with E-state index in [1.54, 1.807) is 18.4 Å². The Morgan fingerprint density at radius 3 is 2.63 bits per heavy atom. The molecule has 0 atom stereocenters. The van der Waals surface area contributed by atoms with Gasteiger partial charge in [0.2, 0.25) is 0 Å². The van der Waals surface area contributed by atoms with Crippen molar-refractivity contribution >= 4 is 15.9 Å². The summed E-state index contributed by atoms with van der Waals surface area (Å²) in [5, 5.41) is 7.24. The van der Waals surface area contributed by atoms with Crippen LogP contribution in [0.1, 0.15) is 27.2 Å². The summed E-state index contributed by atoms with van der Waals surface area (Å²) in [5.41, 5.74) is 5.29. The molecule has 0 unspecified atom stereocenters. The molecule has 19 heavy (non-hydrogen) atoms. The average Bonchev–Trinajstić information content (AvgIpc) is 2.76. The zero-order valence-corrected chi connectivity index (χ0v) is 12.3.